The molecule has 1 heterocycles. The molecule has 2 aromatic carbocycles. The summed E-state index contributed by atoms with van der Waals surface area (Å²) < 4.78 is 15.3. The molecule has 2 N–H and O–H groups in total. The third-order valence-corrected chi connectivity index (χ3v) is 3.21. The van der Waals surface area contributed by atoms with Gasteiger partial charge in [-0.25, -0.2) is 9.07 Å². The van der Waals surface area contributed by atoms with Gasteiger partial charge in [0.1, 0.15) is 5.82 Å². The van der Waals surface area contributed by atoms with Gasteiger partial charge in [-0.2, -0.15) is 5.10 Å². The topological polar surface area (TPSA) is 43.8 Å². The van der Waals surface area contributed by atoms with Crippen LogP contribution in [0.5, 0.6) is 0 Å². The number of benzene rings is 2. The molecule has 4 heteroatoms. The summed E-state index contributed by atoms with van der Waals surface area (Å²) in [4.78, 5) is 0. The Morgan fingerprint density at radius 3 is 2.60 bits per heavy atom. The summed E-state index contributed by atoms with van der Waals surface area (Å²) in [7, 11) is 0. The van der Waals surface area contributed by atoms with Gasteiger partial charge in [-0.15, -0.1) is 0 Å². The zero-order chi connectivity index (χ0) is 13.9. The first kappa shape index (κ1) is 12.6. The normalized spacial score (nSPS) is 10.7. The van der Waals surface area contributed by atoms with Gasteiger partial charge in [0.25, 0.3) is 0 Å². The van der Waals surface area contributed by atoms with Crippen LogP contribution in [0.15, 0.2) is 60.8 Å². The maximum atomic E-state index is 13.5. The van der Waals surface area contributed by atoms with Crippen LogP contribution in [-0.4, -0.2) is 9.78 Å². The molecule has 0 saturated heterocycles. The maximum absolute atomic E-state index is 13.5. The standard InChI is InChI=1S/C16H14FN3/c17-13-7-6-12(11-18)15(10-13)16-8-9-19-20(16)14-4-2-1-3-5-14/h1-10H,11,18H2. The predicted molar refractivity (Wildman–Crippen MR) is 76.8 cm³/mol. The fraction of sp³-hybridized carbons (Fsp3) is 0.0625. The molecule has 0 saturated carbocycles. The third-order valence-electron chi connectivity index (χ3n) is 3.21. The molecule has 3 aromatic rings. The van der Waals surface area contributed by atoms with Crippen LogP contribution >= 0.6 is 0 Å². The summed E-state index contributed by atoms with van der Waals surface area (Å²) in [6.07, 6.45) is 1.70. The van der Waals surface area contributed by atoms with E-state index in [1.807, 2.05) is 36.4 Å². The van der Waals surface area contributed by atoms with Crippen LogP contribution in [0.25, 0.3) is 16.9 Å². The van der Waals surface area contributed by atoms with Gasteiger partial charge in [-0.3, -0.25) is 0 Å². The van der Waals surface area contributed by atoms with Gasteiger partial charge in [-0.1, -0.05) is 24.3 Å². The summed E-state index contributed by atoms with van der Waals surface area (Å²) in [5, 5.41) is 4.32. The first-order chi connectivity index (χ1) is 9.79. The molecule has 20 heavy (non-hydrogen) atoms. The van der Waals surface area contributed by atoms with Crippen molar-refractivity contribution in [3.05, 3.63) is 72.2 Å². The lowest BCUT2D eigenvalue weighted by atomic mass is 10.0. The van der Waals surface area contributed by atoms with E-state index in [1.54, 1.807) is 16.9 Å². The molecule has 0 radical (unpaired) electrons. The summed E-state index contributed by atoms with van der Waals surface area (Å²) in [5.74, 6) is -0.280. The van der Waals surface area contributed by atoms with E-state index in [9.17, 15) is 4.39 Å². The lowest BCUT2D eigenvalue weighted by Crippen LogP contribution is -2.04. The predicted octanol–water partition coefficient (Wildman–Crippen LogP) is 3.14. The lowest BCUT2D eigenvalue weighted by Gasteiger charge is -2.11. The van der Waals surface area contributed by atoms with Gasteiger partial charge in [0.2, 0.25) is 0 Å². The average Bonchev–Trinajstić information content (AvgIpc) is 2.97. The van der Waals surface area contributed by atoms with Gasteiger partial charge in [-0.05, 0) is 35.9 Å². The highest BCUT2D eigenvalue weighted by atomic mass is 19.1. The van der Waals surface area contributed by atoms with Crippen LogP contribution in [0.3, 0.4) is 0 Å². The zero-order valence-corrected chi connectivity index (χ0v) is 10.8. The van der Waals surface area contributed by atoms with Crippen molar-refractivity contribution in [3.8, 4) is 16.9 Å². The fourth-order valence-electron chi connectivity index (χ4n) is 2.25. The van der Waals surface area contributed by atoms with Crippen molar-refractivity contribution in [3.63, 3.8) is 0 Å². The number of para-hydroxylation sites is 1. The zero-order valence-electron chi connectivity index (χ0n) is 10.8. The molecule has 1 aromatic heterocycles. The molecule has 0 fully saturated rings. The maximum Gasteiger partial charge on any atom is 0.123 e. The highest BCUT2D eigenvalue weighted by molar-refractivity contribution is 5.66. The molecule has 0 aliphatic heterocycles. The molecule has 0 aliphatic rings. The molecule has 0 spiro atoms. The minimum atomic E-state index is -0.280. The number of rotatable bonds is 3. The van der Waals surface area contributed by atoms with Crippen LogP contribution in [0.4, 0.5) is 4.39 Å². The first-order valence-corrected chi connectivity index (χ1v) is 6.38. The molecule has 3 nitrogen and oxygen atoms in total. The third kappa shape index (κ3) is 2.21. The molecular weight excluding hydrogens is 253 g/mol. The van der Waals surface area contributed by atoms with E-state index < -0.39 is 0 Å². The number of nitrogens with two attached hydrogens (primary N) is 1. The van der Waals surface area contributed by atoms with Crippen molar-refractivity contribution in [2.75, 3.05) is 0 Å². The van der Waals surface area contributed by atoms with Crippen molar-refractivity contribution in [2.45, 2.75) is 6.54 Å². The van der Waals surface area contributed by atoms with E-state index in [2.05, 4.69) is 5.10 Å². The van der Waals surface area contributed by atoms with Crippen molar-refractivity contribution in [2.24, 2.45) is 5.73 Å². The average molecular weight is 267 g/mol. The Kier molecular flexibility index (Phi) is 3.31. The molecule has 0 aliphatic carbocycles. The second kappa shape index (κ2) is 5.27. The molecule has 0 bridgehead atoms. The monoisotopic (exact) mass is 267 g/mol. The van der Waals surface area contributed by atoms with Gasteiger partial charge in [0.15, 0.2) is 0 Å². The Bertz CT molecular complexity index is 720. The molecule has 0 atom stereocenters. The minimum Gasteiger partial charge on any atom is -0.326 e. The van der Waals surface area contributed by atoms with Crippen LogP contribution in [0, 0.1) is 5.82 Å². The smallest absolute Gasteiger partial charge is 0.123 e. The van der Waals surface area contributed by atoms with E-state index in [4.69, 9.17) is 5.73 Å². The van der Waals surface area contributed by atoms with Gasteiger partial charge < -0.3 is 5.73 Å². The van der Waals surface area contributed by atoms with E-state index in [1.165, 1.54) is 12.1 Å². The molecule has 3 rings (SSSR count). The number of halogens is 1. The molecule has 100 valence electrons. The second-order valence-electron chi connectivity index (χ2n) is 4.47. The van der Waals surface area contributed by atoms with Crippen LogP contribution in [-0.2, 0) is 6.54 Å². The Labute approximate surface area is 116 Å². The summed E-state index contributed by atoms with van der Waals surface area (Å²) in [6.45, 7) is 0.357. The van der Waals surface area contributed by atoms with Crippen LogP contribution < -0.4 is 5.73 Å². The SMILES string of the molecule is NCc1ccc(F)cc1-c1ccnn1-c1ccccc1. The van der Waals surface area contributed by atoms with Gasteiger partial charge in [0.05, 0.1) is 17.6 Å². The Balaban J connectivity index is 2.18. The van der Waals surface area contributed by atoms with Crippen molar-refractivity contribution < 1.29 is 4.39 Å². The van der Waals surface area contributed by atoms with Crippen molar-refractivity contribution >= 4 is 0 Å². The number of aromatic nitrogens is 2. The van der Waals surface area contributed by atoms with Crippen molar-refractivity contribution in [1.82, 2.24) is 9.78 Å². The highest BCUT2D eigenvalue weighted by Crippen LogP contribution is 2.26. The van der Waals surface area contributed by atoms with Crippen LogP contribution in [0.1, 0.15) is 5.56 Å². The fourth-order valence-corrected chi connectivity index (χ4v) is 2.25. The van der Waals surface area contributed by atoms with Crippen molar-refractivity contribution in [1.29, 1.82) is 0 Å². The minimum absolute atomic E-state index is 0.280. The highest BCUT2D eigenvalue weighted by Gasteiger charge is 2.11. The van der Waals surface area contributed by atoms with Gasteiger partial charge in [0, 0.05) is 12.1 Å². The Morgan fingerprint density at radius 2 is 1.85 bits per heavy atom. The second-order valence-corrected chi connectivity index (χ2v) is 4.47. The Hall–Kier alpha value is -2.46. The van der Waals surface area contributed by atoms with E-state index in [0.717, 1.165) is 22.5 Å². The molecule has 0 unspecified atom stereocenters. The number of nitrogens with zero attached hydrogens (tertiary/aromatic N) is 2. The summed E-state index contributed by atoms with van der Waals surface area (Å²) in [5.41, 5.74) is 9.17. The van der Waals surface area contributed by atoms with E-state index in [0.29, 0.717) is 6.54 Å². The van der Waals surface area contributed by atoms with E-state index in [-0.39, 0.29) is 5.82 Å². The Morgan fingerprint density at radius 1 is 1.05 bits per heavy atom. The number of hydrogen-bond donors (Lipinski definition) is 1. The van der Waals surface area contributed by atoms with Crippen LogP contribution in [0.2, 0.25) is 0 Å². The quantitative estimate of drug-likeness (QED) is 0.792. The molecule has 0 amide bonds. The largest absolute Gasteiger partial charge is 0.326 e. The lowest BCUT2D eigenvalue weighted by molar-refractivity contribution is 0.627. The summed E-state index contributed by atoms with van der Waals surface area (Å²) >= 11 is 0. The first-order valence-electron chi connectivity index (χ1n) is 6.38. The molecular formula is C16H14FN3. The van der Waals surface area contributed by atoms with Gasteiger partial charge >= 0.3 is 0 Å². The summed E-state index contributed by atoms with van der Waals surface area (Å²) in [6, 6.07) is 16.2. The van der Waals surface area contributed by atoms with E-state index >= 15 is 0 Å². The number of hydrogen-bond acceptors (Lipinski definition) is 2.